The first-order valence-electron chi connectivity index (χ1n) is 4.34. The van der Waals surface area contributed by atoms with Crippen LogP contribution in [-0.4, -0.2) is 11.2 Å². The highest BCUT2D eigenvalue weighted by molar-refractivity contribution is 4.85. The Morgan fingerprint density at radius 1 is 1.45 bits per heavy atom. The molecule has 0 aliphatic heterocycles. The molecule has 1 nitrogen and oxygen atoms in total. The van der Waals surface area contributed by atoms with Gasteiger partial charge in [-0.3, -0.25) is 0 Å². The predicted molar refractivity (Wildman–Crippen MR) is 49.2 cm³/mol. The molecule has 2 unspecified atom stereocenters. The number of hydrogen-bond donors (Lipinski definition) is 1. The van der Waals surface area contributed by atoms with Crippen molar-refractivity contribution < 1.29 is 5.11 Å². The van der Waals surface area contributed by atoms with E-state index in [1.807, 2.05) is 13.0 Å². The Kier molecular flexibility index (Phi) is 6.24. The number of allylic oxidation sites excluding steroid dienone is 2. The van der Waals surface area contributed by atoms with Crippen LogP contribution in [0.3, 0.4) is 0 Å². The Bertz CT molecular complexity index is 105. The zero-order valence-corrected chi connectivity index (χ0v) is 7.59. The Labute approximate surface area is 70.1 Å². The van der Waals surface area contributed by atoms with Crippen LogP contribution in [0.2, 0.25) is 0 Å². The van der Waals surface area contributed by atoms with Gasteiger partial charge in [-0.1, -0.05) is 25.5 Å². The van der Waals surface area contributed by atoms with Crippen LogP contribution in [0.1, 0.15) is 33.1 Å². The molecule has 0 bridgehead atoms. The Hall–Kier alpha value is -0.300. The van der Waals surface area contributed by atoms with Crippen LogP contribution in [0.25, 0.3) is 0 Å². The molecule has 0 saturated carbocycles. The second kappa shape index (κ2) is 6.41. The average molecular weight is 155 g/mol. The fourth-order valence-electron chi connectivity index (χ4n) is 1.09. The van der Waals surface area contributed by atoms with Crippen LogP contribution in [0.5, 0.6) is 0 Å². The number of rotatable bonds is 5. The summed E-state index contributed by atoms with van der Waals surface area (Å²) in [7, 11) is 0. The molecule has 0 fully saturated rings. The summed E-state index contributed by atoms with van der Waals surface area (Å²) in [6, 6.07) is 0. The molecule has 2 atom stereocenters. The van der Waals surface area contributed by atoms with Gasteiger partial charge in [0.1, 0.15) is 0 Å². The van der Waals surface area contributed by atoms with E-state index in [2.05, 4.69) is 19.9 Å². The van der Waals surface area contributed by atoms with Gasteiger partial charge in [-0.2, -0.15) is 0 Å². The summed E-state index contributed by atoms with van der Waals surface area (Å²) < 4.78 is 0. The number of hydrogen-bond acceptors (Lipinski definition) is 1. The van der Waals surface area contributed by atoms with Crippen molar-refractivity contribution in [1.82, 2.24) is 0 Å². The van der Waals surface area contributed by atoms with Gasteiger partial charge in [0.25, 0.3) is 0 Å². The molecule has 0 aliphatic carbocycles. The molecular formula is C10H19O. The first-order valence-corrected chi connectivity index (χ1v) is 4.34. The number of aliphatic hydroxyl groups is 1. The molecule has 0 heterocycles. The molecular weight excluding hydrogens is 136 g/mol. The third kappa shape index (κ3) is 5.02. The zero-order valence-electron chi connectivity index (χ0n) is 7.59. The highest BCUT2D eigenvalue weighted by atomic mass is 16.3. The average Bonchev–Trinajstić information content (AvgIpc) is 1.97. The summed E-state index contributed by atoms with van der Waals surface area (Å²) >= 11 is 0. The Morgan fingerprint density at radius 2 is 2.09 bits per heavy atom. The fraction of sp³-hybridized carbons (Fsp3) is 0.700. The van der Waals surface area contributed by atoms with E-state index in [0.29, 0.717) is 5.92 Å². The lowest BCUT2D eigenvalue weighted by Gasteiger charge is -2.15. The molecule has 0 rings (SSSR count). The zero-order chi connectivity index (χ0) is 8.69. The van der Waals surface area contributed by atoms with Crippen molar-refractivity contribution in [1.29, 1.82) is 0 Å². The largest absolute Gasteiger partial charge is 0.393 e. The van der Waals surface area contributed by atoms with Crippen molar-refractivity contribution in [3.05, 3.63) is 19.1 Å². The van der Waals surface area contributed by atoms with Gasteiger partial charge in [0.05, 0.1) is 6.10 Å². The lowest BCUT2D eigenvalue weighted by atomic mass is 9.97. The standard InChI is InChI=1S/C10H19O/c1-4-6-7-8-10(5-2)9(3)11/h6-7,9-11H,1,4-5,8H2,2-3H3/b7-6+. The van der Waals surface area contributed by atoms with Crippen LogP contribution in [0.4, 0.5) is 0 Å². The summed E-state index contributed by atoms with van der Waals surface area (Å²) in [6.45, 7) is 7.66. The minimum atomic E-state index is -0.186. The maximum atomic E-state index is 9.26. The molecule has 1 N–H and O–H groups in total. The third-order valence-electron chi connectivity index (χ3n) is 1.98. The first kappa shape index (κ1) is 10.7. The van der Waals surface area contributed by atoms with Gasteiger partial charge in [0.2, 0.25) is 0 Å². The highest BCUT2D eigenvalue weighted by Crippen LogP contribution is 2.13. The maximum absolute atomic E-state index is 9.26. The second-order valence-electron chi connectivity index (χ2n) is 2.90. The van der Waals surface area contributed by atoms with Gasteiger partial charge in [-0.25, -0.2) is 0 Å². The van der Waals surface area contributed by atoms with Crippen LogP contribution in [0, 0.1) is 12.8 Å². The number of aliphatic hydroxyl groups excluding tert-OH is 1. The molecule has 0 spiro atoms. The maximum Gasteiger partial charge on any atom is 0.0543 e. The molecule has 11 heavy (non-hydrogen) atoms. The molecule has 0 aliphatic rings. The molecule has 0 amide bonds. The van der Waals surface area contributed by atoms with E-state index in [4.69, 9.17) is 0 Å². The van der Waals surface area contributed by atoms with Crippen LogP contribution in [0.15, 0.2) is 12.2 Å². The van der Waals surface area contributed by atoms with E-state index in [0.717, 1.165) is 19.3 Å². The first-order chi connectivity index (χ1) is 5.22. The summed E-state index contributed by atoms with van der Waals surface area (Å²) in [5, 5.41) is 9.26. The molecule has 0 aromatic carbocycles. The molecule has 65 valence electrons. The monoisotopic (exact) mass is 155 g/mol. The summed E-state index contributed by atoms with van der Waals surface area (Å²) in [4.78, 5) is 0. The lowest BCUT2D eigenvalue weighted by Crippen LogP contribution is -2.14. The van der Waals surface area contributed by atoms with E-state index in [1.54, 1.807) is 0 Å². The van der Waals surface area contributed by atoms with E-state index >= 15 is 0 Å². The topological polar surface area (TPSA) is 20.2 Å². The Morgan fingerprint density at radius 3 is 2.45 bits per heavy atom. The Balaban J connectivity index is 3.60. The molecule has 0 aromatic heterocycles. The summed E-state index contributed by atoms with van der Waals surface area (Å²) in [5.41, 5.74) is 0. The van der Waals surface area contributed by atoms with Crippen molar-refractivity contribution in [3.63, 3.8) is 0 Å². The smallest absolute Gasteiger partial charge is 0.0543 e. The molecule has 0 aromatic rings. The van der Waals surface area contributed by atoms with Crippen molar-refractivity contribution in [3.8, 4) is 0 Å². The van der Waals surface area contributed by atoms with E-state index in [1.165, 1.54) is 0 Å². The predicted octanol–water partition coefficient (Wildman–Crippen LogP) is 2.56. The van der Waals surface area contributed by atoms with Gasteiger partial charge in [0, 0.05) is 0 Å². The van der Waals surface area contributed by atoms with E-state index in [9.17, 15) is 5.11 Å². The second-order valence-corrected chi connectivity index (χ2v) is 2.90. The molecule has 1 radical (unpaired) electrons. The molecule has 0 saturated heterocycles. The summed E-state index contributed by atoms with van der Waals surface area (Å²) in [5.74, 6) is 0.415. The van der Waals surface area contributed by atoms with Gasteiger partial charge in [0.15, 0.2) is 0 Å². The van der Waals surface area contributed by atoms with Gasteiger partial charge < -0.3 is 5.11 Å². The van der Waals surface area contributed by atoms with Gasteiger partial charge >= 0.3 is 0 Å². The van der Waals surface area contributed by atoms with Crippen molar-refractivity contribution in [2.24, 2.45) is 5.92 Å². The van der Waals surface area contributed by atoms with Crippen LogP contribution >= 0.6 is 0 Å². The normalized spacial score (nSPS) is 17.1. The quantitative estimate of drug-likeness (QED) is 0.605. The minimum absolute atomic E-state index is 0.186. The van der Waals surface area contributed by atoms with Crippen molar-refractivity contribution >= 4 is 0 Å². The van der Waals surface area contributed by atoms with Crippen molar-refractivity contribution in [2.75, 3.05) is 0 Å². The summed E-state index contributed by atoms with van der Waals surface area (Å²) in [6.07, 6.45) is 6.83. The SMILES string of the molecule is [CH2]C/C=C/CC(CC)C(C)O. The van der Waals surface area contributed by atoms with Gasteiger partial charge in [-0.05, 0) is 32.6 Å². The van der Waals surface area contributed by atoms with Crippen LogP contribution in [-0.2, 0) is 0 Å². The van der Waals surface area contributed by atoms with Crippen molar-refractivity contribution in [2.45, 2.75) is 39.2 Å². The van der Waals surface area contributed by atoms with E-state index in [-0.39, 0.29) is 6.10 Å². The van der Waals surface area contributed by atoms with E-state index < -0.39 is 0 Å². The minimum Gasteiger partial charge on any atom is -0.393 e. The lowest BCUT2D eigenvalue weighted by molar-refractivity contribution is 0.124. The fourth-order valence-corrected chi connectivity index (χ4v) is 1.09. The highest BCUT2D eigenvalue weighted by Gasteiger charge is 2.09. The van der Waals surface area contributed by atoms with Gasteiger partial charge in [-0.15, -0.1) is 0 Å². The molecule has 1 heteroatoms. The van der Waals surface area contributed by atoms with Crippen LogP contribution < -0.4 is 0 Å². The third-order valence-corrected chi connectivity index (χ3v) is 1.98.